The molecule has 2 heterocycles. The molecule has 0 amide bonds. The zero-order valence-electron chi connectivity index (χ0n) is 9.30. The van der Waals surface area contributed by atoms with Crippen molar-refractivity contribution in [2.75, 3.05) is 20.1 Å². The molecular weight excluding hydrogens is 192 g/mol. The maximum absolute atomic E-state index is 9.32. The monoisotopic (exact) mass is 210 g/mol. The maximum Gasteiger partial charge on any atom is 0.111 e. The number of rotatable bonds is 3. The van der Waals surface area contributed by atoms with Crippen molar-refractivity contribution in [1.82, 2.24) is 19.9 Å². The molecule has 0 radical (unpaired) electrons. The van der Waals surface area contributed by atoms with Crippen LogP contribution in [0.4, 0.5) is 0 Å². The van der Waals surface area contributed by atoms with Crippen molar-refractivity contribution in [1.29, 1.82) is 0 Å². The summed E-state index contributed by atoms with van der Waals surface area (Å²) in [7, 11) is 2.14. The first-order valence-electron chi connectivity index (χ1n) is 5.42. The van der Waals surface area contributed by atoms with E-state index in [-0.39, 0.29) is 0 Å². The molecule has 1 aromatic heterocycles. The molecule has 2 unspecified atom stereocenters. The minimum atomic E-state index is -0.523. The van der Waals surface area contributed by atoms with Crippen LogP contribution in [-0.2, 0) is 6.54 Å². The Bertz CT molecular complexity index is 323. The standard InChI is InChI=1S/C10H18N4O/c1-8(15)10-7-14(12-11-10)6-9-3-4-13(2)5-9/h7-9,15H,3-6H2,1-2H3. The van der Waals surface area contributed by atoms with E-state index in [0.717, 1.165) is 13.1 Å². The van der Waals surface area contributed by atoms with Crippen LogP contribution in [-0.4, -0.2) is 45.1 Å². The first-order valence-corrected chi connectivity index (χ1v) is 5.42. The van der Waals surface area contributed by atoms with E-state index in [0.29, 0.717) is 11.6 Å². The number of aliphatic hydroxyl groups is 1. The fourth-order valence-electron chi connectivity index (χ4n) is 2.03. The second-order valence-electron chi connectivity index (χ2n) is 4.46. The van der Waals surface area contributed by atoms with Crippen LogP contribution in [0.5, 0.6) is 0 Å². The summed E-state index contributed by atoms with van der Waals surface area (Å²) in [5.41, 5.74) is 0.654. The zero-order valence-corrected chi connectivity index (χ0v) is 9.30. The summed E-state index contributed by atoms with van der Waals surface area (Å²) < 4.78 is 1.84. The molecule has 1 aromatic rings. The van der Waals surface area contributed by atoms with Gasteiger partial charge in [0, 0.05) is 13.1 Å². The van der Waals surface area contributed by atoms with E-state index >= 15 is 0 Å². The Morgan fingerprint density at radius 1 is 1.67 bits per heavy atom. The minimum absolute atomic E-state index is 0.523. The number of hydrogen-bond acceptors (Lipinski definition) is 4. The zero-order chi connectivity index (χ0) is 10.8. The third-order valence-corrected chi connectivity index (χ3v) is 2.92. The molecule has 5 nitrogen and oxygen atoms in total. The number of nitrogens with zero attached hydrogens (tertiary/aromatic N) is 4. The van der Waals surface area contributed by atoms with Crippen LogP contribution in [0.25, 0.3) is 0 Å². The molecule has 2 rings (SSSR count). The molecule has 1 fully saturated rings. The lowest BCUT2D eigenvalue weighted by Crippen LogP contribution is -2.17. The van der Waals surface area contributed by atoms with Gasteiger partial charge >= 0.3 is 0 Å². The van der Waals surface area contributed by atoms with Crippen LogP contribution in [0.15, 0.2) is 6.20 Å². The highest BCUT2D eigenvalue weighted by atomic mass is 16.3. The number of hydrogen-bond donors (Lipinski definition) is 1. The molecule has 2 atom stereocenters. The van der Waals surface area contributed by atoms with E-state index in [1.807, 2.05) is 10.9 Å². The molecule has 84 valence electrons. The summed E-state index contributed by atoms with van der Waals surface area (Å²) in [4.78, 5) is 2.33. The lowest BCUT2D eigenvalue weighted by Gasteiger charge is -2.09. The molecule has 1 aliphatic heterocycles. The van der Waals surface area contributed by atoms with Gasteiger partial charge in [-0.05, 0) is 32.9 Å². The van der Waals surface area contributed by atoms with E-state index in [1.165, 1.54) is 13.0 Å². The Morgan fingerprint density at radius 3 is 3.00 bits per heavy atom. The van der Waals surface area contributed by atoms with Gasteiger partial charge in [0.2, 0.25) is 0 Å². The third kappa shape index (κ3) is 2.54. The molecule has 0 saturated carbocycles. The second kappa shape index (κ2) is 4.28. The summed E-state index contributed by atoms with van der Waals surface area (Å²) in [6, 6.07) is 0. The fourth-order valence-corrected chi connectivity index (χ4v) is 2.03. The van der Waals surface area contributed by atoms with Crippen molar-refractivity contribution in [3.63, 3.8) is 0 Å². The van der Waals surface area contributed by atoms with Gasteiger partial charge in [-0.25, -0.2) is 0 Å². The van der Waals surface area contributed by atoms with E-state index in [9.17, 15) is 5.11 Å². The Hall–Kier alpha value is -0.940. The van der Waals surface area contributed by atoms with Crippen molar-refractivity contribution < 1.29 is 5.11 Å². The van der Waals surface area contributed by atoms with Crippen molar-refractivity contribution in [2.24, 2.45) is 5.92 Å². The predicted octanol–water partition coefficient (Wildman–Crippen LogP) is 0.283. The van der Waals surface area contributed by atoms with Crippen molar-refractivity contribution >= 4 is 0 Å². The van der Waals surface area contributed by atoms with Crippen molar-refractivity contribution in [3.8, 4) is 0 Å². The highest BCUT2D eigenvalue weighted by molar-refractivity contribution is 4.95. The first kappa shape index (κ1) is 10.6. The van der Waals surface area contributed by atoms with Crippen LogP contribution in [0.2, 0.25) is 0 Å². The molecule has 5 heteroatoms. The largest absolute Gasteiger partial charge is 0.387 e. The van der Waals surface area contributed by atoms with Gasteiger partial charge in [0.05, 0.1) is 12.3 Å². The lowest BCUT2D eigenvalue weighted by molar-refractivity contribution is 0.194. The average Bonchev–Trinajstić information content (AvgIpc) is 2.76. The van der Waals surface area contributed by atoms with Crippen LogP contribution >= 0.6 is 0 Å². The van der Waals surface area contributed by atoms with Crippen LogP contribution in [0.3, 0.4) is 0 Å². The molecule has 0 bridgehead atoms. The van der Waals surface area contributed by atoms with Gasteiger partial charge in [-0.2, -0.15) is 0 Å². The van der Waals surface area contributed by atoms with E-state index in [4.69, 9.17) is 0 Å². The molecular formula is C10H18N4O. The van der Waals surface area contributed by atoms with Gasteiger partial charge in [0.25, 0.3) is 0 Å². The summed E-state index contributed by atoms with van der Waals surface area (Å²) >= 11 is 0. The van der Waals surface area contributed by atoms with E-state index < -0.39 is 6.10 Å². The summed E-state index contributed by atoms with van der Waals surface area (Å²) in [5.74, 6) is 0.665. The van der Waals surface area contributed by atoms with Gasteiger partial charge in [-0.3, -0.25) is 4.68 Å². The quantitative estimate of drug-likeness (QED) is 0.778. The Morgan fingerprint density at radius 2 is 2.47 bits per heavy atom. The van der Waals surface area contributed by atoms with Gasteiger partial charge < -0.3 is 10.0 Å². The minimum Gasteiger partial charge on any atom is -0.387 e. The number of aliphatic hydroxyl groups excluding tert-OH is 1. The van der Waals surface area contributed by atoms with E-state index in [2.05, 4.69) is 22.3 Å². The lowest BCUT2D eigenvalue weighted by atomic mass is 10.1. The van der Waals surface area contributed by atoms with E-state index in [1.54, 1.807) is 6.92 Å². The predicted molar refractivity (Wildman–Crippen MR) is 56.3 cm³/mol. The highest BCUT2D eigenvalue weighted by Gasteiger charge is 2.20. The van der Waals surface area contributed by atoms with Crippen LogP contribution in [0.1, 0.15) is 25.1 Å². The molecule has 15 heavy (non-hydrogen) atoms. The van der Waals surface area contributed by atoms with Crippen LogP contribution in [0, 0.1) is 5.92 Å². The maximum atomic E-state index is 9.32. The second-order valence-corrected chi connectivity index (χ2v) is 4.46. The smallest absolute Gasteiger partial charge is 0.111 e. The van der Waals surface area contributed by atoms with Crippen molar-refractivity contribution in [2.45, 2.75) is 26.0 Å². The Kier molecular flexibility index (Phi) is 3.02. The Labute approximate surface area is 89.7 Å². The Balaban J connectivity index is 1.93. The van der Waals surface area contributed by atoms with Gasteiger partial charge in [0.1, 0.15) is 5.69 Å². The SMILES string of the molecule is CC(O)c1cn(CC2CCN(C)C2)nn1. The topological polar surface area (TPSA) is 54.2 Å². The highest BCUT2D eigenvalue weighted by Crippen LogP contribution is 2.16. The van der Waals surface area contributed by atoms with Crippen LogP contribution < -0.4 is 0 Å². The molecule has 1 aliphatic rings. The molecule has 0 aromatic carbocycles. The van der Waals surface area contributed by atoms with Gasteiger partial charge in [0.15, 0.2) is 0 Å². The molecule has 1 N–H and O–H groups in total. The summed E-state index contributed by atoms with van der Waals surface area (Å²) in [6.07, 6.45) is 2.54. The first-order chi connectivity index (χ1) is 7.15. The number of likely N-dealkylation sites (tertiary alicyclic amines) is 1. The summed E-state index contributed by atoms with van der Waals surface area (Å²) in [5, 5.41) is 17.3. The van der Waals surface area contributed by atoms with Crippen molar-refractivity contribution in [3.05, 3.63) is 11.9 Å². The fraction of sp³-hybridized carbons (Fsp3) is 0.800. The van der Waals surface area contributed by atoms with Gasteiger partial charge in [-0.1, -0.05) is 5.21 Å². The van der Waals surface area contributed by atoms with Gasteiger partial charge in [-0.15, -0.1) is 5.10 Å². The normalized spacial score (nSPS) is 24.6. The third-order valence-electron chi connectivity index (χ3n) is 2.92. The summed E-state index contributed by atoms with van der Waals surface area (Å²) in [6.45, 7) is 4.91. The average molecular weight is 210 g/mol. The molecule has 0 aliphatic carbocycles. The molecule has 1 saturated heterocycles. The molecule has 0 spiro atoms. The number of aromatic nitrogens is 3.